The molecule has 0 amide bonds. The molecule has 0 radical (unpaired) electrons. The summed E-state index contributed by atoms with van der Waals surface area (Å²) in [4.78, 5) is 12.8. The molecule has 0 aliphatic carbocycles. The molecule has 4 rings (SSSR count). The molecular formula is C42H52O6Si. The molecule has 1 atom stereocenters. The van der Waals surface area contributed by atoms with E-state index in [-0.39, 0.29) is 5.78 Å². The number of ketones is 1. The van der Waals surface area contributed by atoms with E-state index < -0.39 is 9.04 Å². The van der Waals surface area contributed by atoms with Crippen molar-refractivity contribution in [3.8, 4) is 34.1 Å². The van der Waals surface area contributed by atoms with Crippen LogP contribution in [0.15, 0.2) is 103 Å². The van der Waals surface area contributed by atoms with Crippen molar-refractivity contribution in [3.05, 3.63) is 114 Å². The standard InChI is InChI=1S/C42H52O6Si/c1-4-5-6-10-31-47-39-23-15-35(16-24-39)36-17-25-40(26-18-36)48-41-27-19-37(20-28-41)42(43)29-14-34-12-21-38(22-13-34)46-32-11-8-7-9-30-45-33-49(3)44-2/h12-29,49H,4-11,30-33H2,1-3H3/b29-14+. The number of hydrogen-bond acceptors (Lipinski definition) is 6. The number of carbonyl (C=O) groups excluding carboxylic acids is 1. The minimum absolute atomic E-state index is 0.0650. The molecule has 4 aromatic rings. The topological polar surface area (TPSA) is 63.2 Å². The summed E-state index contributed by atoms with van der Waals surface area (Å²) in [6, 6.07) is 31.2. The lowest BCUT2D eigenvalue weighted by Gasteiger charge is -2.09. The molecule has 6 nitrogen and oxygen atoms in total. The molecule has 7 heteroatoms. The van der Waals surface area contributed by atoms with Gasteiger partial charge in [0.1, 0.15) is 23.0 Å². The Balaban J connectivity index is 1.15. The second-order valence-electron chi connectivity index (χ2n) is 12.2. The first kappa shape index (κ1) is 37.6. The van der Waals surface area contributed by atoms with Gasteiger partial charge in [-0.1, -0.05) is 75.1 Å². The van der Waals surface area contributed by atoms with Crippen LogP contribution in [0.4, 0.5) is 0 Å². The third-order valence-electron chi connectivity index (χ3n) is 8.20. The van der Waals surface area contributed by atoms with Crippen molar-refractivity contribution >= 4 is 20.9 Å². The Bertz CT molecular complexity index is 1520. The Morgan fingerprint density at radius 3 is 1.65 bits per heavy atom. The molecule has 0 heterocycles. The van der Waals surface area contributed by atoms with Crippen LogP contribution < -0.4 is 14.2 Å². The number of unbranched alkanes of at least 4 members (excludes halogenated alkanes) is 6. The molecule has 0 aromatic heterocycles. The highest BCUT2D eigenvalue weighted by Crippen LogP contribution is 2.27. The number of allylic oxidation sites excluding steroid dienone is 1. The molecular weight excluding hydrogens is 629 g/mol. The summed E-state index contributed by atoms with van der Waals surface area (Å²) in [5.74, 6) is 3.08. The second kappa shape index (κ2) is 21.7. The third-order valence-corrected chi connectivity index (χ3v) is 9.71. The fourth-order valence-corrected chi connectivity index (χ4v) is 5.75. The van der Waals surface area contributed by atoms with Crippen LogP contribution in [-0.4, -0.2) is 48.0 Å². The fourth-order valence-electron chi connectivity index (χ4n) is 5.11. The lowest BCUT2D eigenvalue weighted by Crippen LogP contribution is -2.19. The van der Waals surface area contributed by atoms with Gasteiger partial charge in [-0.2, -0.15) is 0 Å². The van der Waals surface area contributed by atoms with E-state index in [1.54, 1.807) is 25.3 Å². The Morgan fingerprint density at radius 1 is 0.612 bits per heavy atom. The van der Waals surface area contributed by atoms with Gasteiger partial charge in [0.2, 0.25) is 0 Å². The molecule has 0 saturated heterocycles. The average molecular weight is 681 g/mol. The molecule has 0 fully saturated rings. The van der Waals surface area contributed by atoms with Crippen molar-refractivity contribution in [1.82, 2.24) is 0 Å². The first-order chi connectivity index (χ1) is 24.0. The first-order valence-corrected chi connectivity index (χ1v) is 20.2. The number of rotatable bonds is 23. The van der Waals surface area contributed by atoms with Crippen molar-refractivity contribution in [3.63, 3.8) is 0 Å². The van der Waals surface area contributed by atoms with E-state index in [0.717, 1.165) is 85.5 Å². The summed E-state index contributed by atoms with van der Waals surface area (Å²) in [6.45, 7) is 6.62. The summed E-state index contributed by atoms with van der Waals surface area (Å²) in [6.07, 6.45) is 13.3. The minimum Gasteiger partial charge on any atom is -0.494 e. The zero-order valence-corrected chi connectivity index (χ0v) is 30.6. The van der Waals surface area contributed by atoms with E-state index in [0.29, 0.717) is 17.9 Å². The Hall–Kier alpha value is -4.17. The molecule has 1 unspecified atom stereocenters. The summed E-state index contributed by atoms with van der Waals surface area (Å²) >= 11 is 0. The first-order valence-electron chi connectivity index (χ1n) is 17.7. The maximum atomic E-state index is 12.8. The largest absolute Gasteiger partial charge is 0.494 e. The highest BCUT2D eigenvalue weighted by molar-refractivity contribution is 6.49. The third kappa shape index (κ3) is 14.1. The number of ether oxygens (including phenoxy) is 4. The molecule has 0 N–H and O–H groups in total. The van der Waals surface area contributed by atoms with Gasteiger partial charge in [0.05, 0.1) is 19.4 Å². The van der Waals surface area contributed by atoms with E-state index in [1.165, 1.54) is 19.3 Å². The summed E-state index contributed by atoms with van der Waals surface area (Å²) < 4.78 is 28.8. The monoisotopic (exact) mass is 680 g/mol. The lowest BCUT2D eigenvalue weighted by molar-refractivity contribution is 0.104. The van der Waals surface area contributed by atoms with E-state index in [9.17, 15) is 4.79 Å². The van der Waals surface area contributed by atoms with E-state index >= 15 is 0 Å². The van der Waals surface area contributed by atoms with Crippen molar-refractivity contribution in [2.24, 2.45) is 0 Å². The minimum atomic E-state index is -1.11. The van der Waals surface area contributed by atoms with Crippen LogP contribution in [-0.2, 0) is 9.16 Å². The van der Waals surface area contributed by atoms with Gasteiger partial charge in [0, 0.05) is 19.3 Å². The summed E-state index contributed by atoms with van der Waals surface area (Å²) in [7, 11) is 0.653. The van der Waals surface area contributed by atoms with Gasteiger partial charge in [-0.25, -0.2) is 0 Å². The molecule has 260 valence electrons. The summed E-state index contributed by atoms with van der Waals surface area (Å²) in [5.41, 5.74) is 3.77. The highest BCUT2D eigenvalue weighted by atomic mass is 28.3. The average Bonchev–Trinajstić information content (AvgIpc) is 3.14. The maximum Gasteiger partial charge on any atom is 0.198 e. The van der Waals surface area contributed by atoms with Gasteiger partial charge >= 0.3 is 0 Å². The van der Waals surface area contributed by atoms with Gasteiger partial charge in [0.15, 0.2) is 14.8 Å². The van der Waals surface area contributed by atoms with Crippen molar-refractivity contribution < 1.29 is 28.2 Å². The van der Waals surface area contributed by atoms with Crippen LogP contribution in [0.3, 0.4) is 0 Å². The van der Waals surface area contributed by atoms with Crippen LogP contribution in [0.25, 0.3) is 17.2 Å². The van der Waals surface area contributed by atoms with Gasteiger partial charge in [-0.3, -0.25) is 4.79 Å². The van der Waals surface area contributed by atoms with Gasteiger partial charge < -0.3 is 23.4 Å². The molecule has 0 bridgehead atoms. The molecule has 0 aliphatic heterocycles. The lowest BCUT2D eigenvalue weighted by atomic mass is 10.1. The Morgan fingerprint density at radius 2 is 1.10 bits per heavy atom. The van der Waals surface area contributed by atoms with Crippen LogP contribution in [0, 0.1) is 0 Å². The summed E-state index contributed by atoms with van der Waals surface area (Å²) in [5, 5.41) is 0. The number of hydrogen-bond donors (Lipinski definition) is 0. The van der Waals surface area contributed by atoms with Crippen LogP contribution >= 0.6 is 0 Å². The highest BCUT2D eigenvalue weighted by Gasteiger charge is 2.06. The van der Waals surface area contributed by atoms with Crippen LogP contribution in [0.2, 0.25) is 6.55 Å². The number of benzene rings is 4. The Kier molecular flexibility index (Phi) is 16.7. The predicted octanol–water partition coefficient (Wildman–Crippen LogP) is 10.5. The van der Waals surface area contributed by atoms with Crippen molar-refractivity contribution in [1.29, 1.82) is 0 Å². The normalized spacial score (nSPS) is 11.8. The zero-order chi connectivity index (χ0) is 34.5. The zero-order valence-electron chi connectivity index (χ0n) is 29.4. The fraction of sp³-hybridized carbons (Fsp3) is 0.357. The predicted molar refractivity (Wildman–Crippen MR) is 203 cm³/mol. The van der Waals surface area contributed by atoms with Gasteiger partial charge in [-0.15, -0.1) is 0 Å². The van der Waals surface area contributed by atoms with Crippen LogP contribution in [0.5, 0.6) is 23.0 Å². The molecule has 0 spiro atoms. The molecule has 0 aliphatic rings. The van der Waals surface area contributed by atoms with Gasteiger partial charge in [0.25, 0.3) is 0 Å². The molecule has 0 saturated carbocycles. The SMILES string of the molecule is CCCCCCOc1ccc(-c2ccc(Oc3ccc(C(=O)/C=C/c4ccc(OCCCCCCOC[SiH](C)OC)cc4)cc3)cc2)cc1. The van der Waals surface area contributed by atoms with E-state index in [4.69, 9.17) is 23.4 Å². The van der Waals surface area contributed by atoms with Crippen molar-refractivity contribution in [2.45, 2.75) is 64.8 Å². The van der Waals surface area contributed by atoms with E-state index in [2.05, 4.69) is 25.6 Å². The molecule has 4 aromatic carbocycles. The van der Waals surface area contributed by atoms with Gasteiger partial charge in [-0.05, 0) is 116 Å². The van der Waals surface area contributed by atoms with E-state index in [1.807, 2.05) is 78.9 Å². The molecule has 49 heavy (non-hydrogen) atoms. The quantitative estimate of drug-likeness (QED) is 0.0336. The smallest absolute Gasteiger partial charge is 0.198 e. The van der Waals surface area contributed by atoms with Crippen molar-refractivity contribution in [2.75, 3.05) is 33.2 Å². The Labute approximate surface area is 294 Å². The number of carbonyl (C=O) groups is 1. The maximum absolute atomic E-state index is 12.8. The van der Waals surface area contributed by atoms with Crippen LogP contribution in [0.1, 0.15) is 74.2 Å². The second-order valence-corrected chi connectivity index (χ2v) is 14.7.